The van der Waals surface area contributed by atoms with Gasteiger partial charge < -0.3 is 4.74 Å². The normalized spacial score (nSPS) is 11.2. The second-order valence-corrected chi connectivity index (χ2v) is 8.44. The maximum absolute atomic E-state index is 12.2. The fourth-order valence-corrected chi connectivity index (χ4v) is 4.40. The average molecular weight is 400 g/mol. The Morgan fingerprint density at radius 2 is 1.75 bits per heavy atom. The van der Waals surface area contributed by atoms with E-state index in [0.717, 1.165) is 11.3 Å². The van der Waals surface area contributed by atoms with Crippen molar-refractivity contribution in [1.82, 2.24) is 0 Å². The Morgan fingerprint density at radius 3 is 2.38 bits per heavy atom. The van der Waals surface area contributed by atoms with Gasteiger partial charge in [0, 0.05) is 10.7 Å². The molecule has 0 bridgehead atoms. The molecule has 0 aliphatic carbocycles. The lowest BCUT2D eigenvalue weighted by molar-refractivity contribution is 0.483. The van der Waals surface area contributed by atoms with Gasteiger partial charge in [0.05, 0.1) is 5.02 Å². The monoisotopic (exact) mass is 399 g/mol. The SMILES string of the molecule is O=S(=O)(Nc1ccc(Oc2ccc(Cl)cc2Cl)cc1)c1cccs1. The van der Waals surface area contributed by atoms with Crippen LogP contribution in [0.4, 0.5) is 5.69 Å². The molecule has 3 rings (SSSR count). The van der Waals surface area contributed by atoms with E-state index in [4.69, 9.17) is 27.9 Å². The van der Waals surface area contributed by atoms with E-state index in [0.29, 0.717) is 27.2 Å². The van der Waals surface area contributed by atoms with Crippen LogP contribution < -0.4 is 9.46 Å². The van der Waals surface area contributed by atoms with Gasteiger partial charge in [0.15, 0.2) is 0 Å². The Hall–Kier alpha value is -1.73. The molecule has 24 heavy (non-hydrogen) atoms. The summed E-state index contributed by atoms with van der Waals surface area (Å²) < 4.78 is 32.7. The number of benzene rings is 2. The zero-order valence-electron chi connectivity index (χ0n) is 12.1. The molecule has 0 aliphatic heterocycles. The molecule has 1 heterocycles. The Bertz CT molecular complexity index is 940. The summed E-state index contributed by atoms with van der Waals surface area (Å²) in [5.74, 6) is 0.992. The topological polar surface area (TPSA) is 55.4 Å². The molecular weight excluding hydrogens is 389 g/mol. The molecule has 0 saturated heterocycles. The number of sulfonamides is 1. The van der Waals surface area contributed by atoms with Crippen molar-refractivity contribution < 1.29 is 13.2 Å². The molecular formula is C16H11Cl2NO3S2. The third-order valence-electron chi connectivity index (χ3n) is 2.99. The maximum Gasteiger partial charge on any atom is 0.271 e. The quantitative estimate of drug-likeness (QED) is 0.602. The molecule has 124 valence electrons. The third-order valence-corrected chi connectivity index (χ3v) is 6.30. The van der Waals surface area contributed by atoms with Gasteiger partial charge >= 0.3 is 0 Å². The molecule has 0 amide bonds. The highest BCUT2D eigenvalue weighted by atomic mass is 35.5. The van der Waals surface area contributed by atoms with Crippen LogP contribution >= 0.6 is 34.5 Å². The van der Waals surface area contributed by atoms with Gasteiger partial charge in [0.1, 0.15) is 15.7 Å². The zero-order chi connectivity index (χ0) is 17.2. The predicted octanol–water partition coefficient (Wildman–Crippen LogP) is 5.65. The predicted molar refractivity (Wildman–Crippen MR) is 98.1 cm³/mol. The van der Waals surface area contributed by atoms with Crippen LogP contribution in [0.25, 0.3) is 0 Å². The van der Waals surface area contributed by atoms with Crippen LogP contribution in [0.2, 0.25) is 10.0 Å². The Labute approximate surface area is 153 Å². The fourth-order valence-electron chi connectivity index (χ4n) is 1.90. The van der Waals surface area contributed by atoms with Crippen LogP contribution in [0.1, 0.15) is 0 Å². The van der Waals surface area contributed by atoms with E-state index in [1.165, 1.54) is 0 Å². The molecule has 2 aromatic carbocycles. The first kappa shape index (κ1) is 17.1. The average Bonchev–Trinajstić information content (AvgIpc) is 3.07. The molecule has 1 aromatic heterocycles. The molecule has 8 heteroatoms. The van der Waals surface area contributed by atoms with E-state index in [1.807, 2.05) is 0 Å². The second kappa shape index (κ2) is 7.03. The number of hydrogen-bond donors (Lipinski definition) is 1. The molecule has 1 N–H and O–H groups in total. The van der Waals surface area contributed by atoms with Crippen molar-refractivity contribution in [3.63, 3.8) is 0 Å². The fraction of sp³-hybridized carbons (Fsp3) is 0. The summed E-state index contributed by atoms with van der Waals surface area (Å²) in [5.41, 5.74) is 0.443. The van der Waals surface area contributed by atoms with Crippen molar-refractivity contribution >= 4 is 50.2 Å². The van der Waals surface area contributed by atoms with Crippen LogP contribution in [0.15, 0.2) is 64.2 Å². The molecule has 0 atom stereocenters. The standard InChI is InChI=1S/C16H11Cl2NO3S2/c17-11-3-8-15(14(18)10-11)22-13-6-4-12(5-7-13)19-24(20,21)16-2-1-9-23-16/h1-10,19H. The third kappa shape index (κ3) is 4.02. The van der Waals surface area contributed by atoms with Gasteiger partial charge in [-0.15, -0.1) is 11.3 Å². The van der Waals surface area contributed by atoms with Crippen LogP contribution in [0.5, 0.6) is 11.5 Å². The number of thiophene rings is 1. The van der Waals surface area contributed by atoms with Crippen molar-refractivity contribution in [3.8, 4) is 11.5 Å². The molecule has 0 unspecified atom stereocenters. The Morgan fingerprint density at radius 1 is 1.00 bits per heavy atom. The lowest BCUT2D eigenvalue weighted by atomic mass is 10.3. The van der Waals surface area contributed by atoms with Crippen molar-refractivity contribution in [2.75, 3.05) is 4.72 Å². The maximum atomic E-state index is 12.2. The Balaban J connectivity index is 1.74. The van der Waals surface area contributed by atoms with E-state index >= 15 is 0 Å². The molecule has 3 aromatic rings. The lowest BCUT2D eigenvalue weighted by Gasteiger charge is -2.10. The van der Waals surface area contributed by atoms with Crippen molar-refractivity contribution in [2.45, 2.75) is 4.21 Å². The van der Waals surface area contributed by atoms with Crippen LogP contribution in [-0.4, -0.2) is 8.42 Å². The van der Waals surface area contributed by atoms with Crippen LogP contribution in [0.3, 0.4) is 0 Å². The van der Waals surface area contributed by atoms with Gasteiger partial charge in [0.2, 0.25) is 0 Å². The van der Waals surface area contributed by atoms with Crippen LogP contribution in [0, 0.1) is 0 Å². The van der Waals surface area contributed by atoms with Crippen molar-refractivity contribution in [1.29, 1.82) is 0 Å². The first-order valence-corrected chi connectivity index (χ1v) is 9.85. The summed E-state index contributed by atoms with van der Waals surface area (Å²) in [6.45, 7) is 0. The van der Waals surface area contributed by atoms with Crippen molar-refractivity contribution in [3.05, 3.63) is 70.0 Å². The largest absolute Gasteiger partial charge is 0.456 e. The van der Waals surface area contributed by atoms with E-state index in [-0.39, 0.29) is 4.21 Å². The minimum atomic E-state index is -3.56. The summed E-state index contributed by atoms with van der Waals surface area (Å²) in [6, 6.07) is 14.7. The molecule has 0 fully saturated rings. The summed E-state index contributed by atoms with van der Waals surface area (Å²) in [6.07, 6.45) is 0. The van der Waals surface area contributed by atoms with E-state index in [9.17, 15) is 8.42 Å². The first-order valence-electron chi connectivity index (χ1n) is 6.73. The minimum absolute atomic E-state index is 0.260. The highest BCUT2D eigenvalue weighted by molar-refractivity contribution is 7.94. The number of anilines is 1. The Kier molecular flexibility index (Phi) is 5.01. The number of nitrogens with one attached hydrogen (secondary N) is 1. The first-order chi connectivity index (χ1) is 11.4. The van der Waals surface area contributed by atoms with Gasteiger partial charge in [-0.25, -0.2) is 8.42 Å². The van der Waals surface area contributed by atoms with E-state index in [2.05, 4.69) is 4.72 Å². The summed E-state index contributed by atoms with van der Waals surface area (Å²) in [7, 11) is -3.56. The van der Waals surface area contributed by atoms with Gasteiger partial charge in [-0.05, 0) is 53.9 Å². The highest BCUT2D eigenvalue weighted by Gasteiger charge is 2.15. The van der Waals surface area contributed by atoms with E-state index in [1.54, 1.807) is 60.0 Å². The second-order valence-electron chi connectivity index (χ2n) is 4.74. The zero-order valence-corrected chi connectivity index (χ0v) is 15.2. The van der Waals surface area contributed by atoms with Crippen molar-refractivity contribution in [2.24, 2.45) is 0 Å². The number of halogens is 2. The van der Waals surface area contributed by atoms with E-state index < -0.39 is 10.0 Å². The smallest absolute Gasteiger partial charge is 0.271 e. The molecule has 0 aliphatic rings. The molecule has 0 saturated carbocycles. The summed E-state index contributed by atoms with van der Waals surface area (Å²) >= 11 is 13.1. The highest BCUT2D eigenvalue weighted by Crippen LogP contribution is 2.32. The number of hydrogen-bond acceptors (Lipinski definition) is 4. The summed E-state index contributed by atoms with van der Waals surface area (Å²) in [4.78, 5) is 0. The molecule has 0 spiro atoms. The molecule has 0 radical (unpaired) electrons. The molecule has 4 nitrogen and oxygen atoms in total. The number of rotatable bonds is 5. The van der Waals surface area contributed by atoms with Gasteiger partial charge in [-0.3, -0.25) is 4.72 Å². The van der Waals surface area contributed by atoms with Gasteiger partial charge in [-0.1, -0.05) is 29.3 Å². The number of ether oxygens (including phenoxy) is 1. The lowest BCUT2D eigenvalue weighted by Crippen LogP contribution is -2.11. The van der Waals surface area contributed by atoms with Crippen LogP contribution in [-0.2, 0) is 10.0 Å². The summed E-state index contributed by atoms with van der Waals surface area (Å²) in [5, 5.41) is 2.62. The minimum Gasteiger partial charge on any atom is -0.456 e. The van der Waals surface area contributed by atoms with Gasteiger partial charge in [-0.2, -0.15) is 0 Å². The van der Waals surface area contributed by atoms with Gasteiger partial charge in [0.25, 0.3) is 10.0 Å².